The van der Waals surface area contributed by atoms with E-state index in [0.29, 0.717) is 17.9 Å². The maximum atomic E-state index is 13.0. The summed E-state index contributed by atoms with van der Waals surface area (Å²) in [5.74, 6) is 1.97. The number of nitrogens with one attached hydrogen (secondary N) is 1. The summed E-state index contributed by atoms with van der Waals surface area (Å²) in [4.78, 5) is 17.5. The zero-order chi connectivity index (χ0) is 18.4. The molecule has 1 aromatic carbocycles. The first-order valence-electron chi connectivity index (χ1n) is 9.14. The Morgan fingerprint density at radius 3 is 2.48 bits per heavy atom. The molecular weight excluding hydrogens is 364 g/mol. The molecule has 1 amide bonds. The molecule has 4 rings (SSSR count). The van der Waals surface area contributed by atoms with Gasteiger partial charge >= 0.3 is 0 Å². The van der Waals surface area contributed by atoms with Crippen molar-refractivity contribution in [3.05, 3.63) is 46.8 Å². The number of methoxy groups -OCH3 is 1. The lowest BCUT2D eigenvalue weighted by atomic mass is 9.89. The second-order valence-corrected chi connectivity index (χ2v) is 7.60. The van der Waals surface area contributed by atoms with E-state index in [2.05, 4.69) is 34.3 Å². The van der Waals surface area contributed by atoms with Crippen molar-refractivity contribution < 1.29 is 9.53 Å². The van der Waals surface area contributed by atoms with Gasteiger partial charge in [-0.25, -0.2) is 0 Å². The zero-order valence-corrected chi connectivity index (χ0v) is 17.0. The molecule has 2 aromatic rings. The number of aromatic amines is 1. The minimum Gasteiger partial charge on any atom is -0.497 e. The number of aromatic nitrogens is 2. The predicted molar refractivity (Wildman–Crippen MR) is 107 cm³/mol. The normalized spacial score (nSPS) is 24.6. The summed E-state index contributed by atoms with van der Waals surface area (Å²) in [6, 6.07) is 8.68. The van der Waals surface area contributed by atoms with Crippen molar-refractivity contribution in [3.8, 4) is 5.75 Å². The van der Waals surface area contributed by atoms with E-state index < -0.39 is 0 Å². The van der Waals surface area contributed by atoms with Crippen molar-refractivity contribution in [2.24, 2.45) is 11.8 Å². The van der Waals surface area contributed by atoms with Crippen LogP contribution in [0.15, 0.2) is 24.3 Å². The topological polar surface area (TPSA) is 61.5 Å². The van der Waals surface area contributed by atoms with Crippen LogP contribution in [0.5, 0.6) is 5.75 Å². The van der Waals surface area contributed by atoms with E-state index >= 15 is 0 Å². The number of aryl methyl sites for hydroxylation is 2. The number of carbonyl (C=O) groups is 1. The van der Waals surface area contributed by atoms with Gasteiger partial charge in [0.2, 0.25) is 0 Å². The molecule has 0 spiro atoms. The molecule has 2 fully saturated rings. The number of ether oxygens (including phenoxy) is 1. The fraction of sp³-hybridized carbons (Fsp3) is 0.500. The van der Waals surface area contributed by atoms with Crippen LogP contribution < -0.4 is 4.74 Å². The summed E-state index contributed by atoms with van der Waals surface area (Å²) in [5, 5.41) is 7.11. The van der Waals surface area contributed by atoms with E-state index in [1.807, 2.05) is 30.9 Å². The molecule has 2 aliphatic rings. The van der Waals surface area contributed by atoms with Crippen LogP contribution in [-0.2, 0) is 0 Å². The highest BCUT2D eigenvalue weighted by atomic mass is 35.5. The predicted octanol–water partition coefficient (Wildman–Crippen LogP) is 2.83. The van der Waals surface area contributed by atoms with Gasteiger partial charge < -0.3 is 9.64 Å². The van der Waals surface area contributed by atoms with Gasteiger partial charge in [-0.3, -0.25) is 14.8 Å². The van der Waals surface area contributed by atoms with Gasteiger partial charge in [0.05, 0.1) is 18.4 Å². The largest absolute Gasteiger partial charge is 0.497 e. The maximum absolute atomic E-state index is 13.0. The quantitative estimate of drug-likeness (QED) is 0.875. The van der Waals surface area contributed by atoms with Crippen molar-refractivity contribution in [2.45, 2.75) is 19.9 Å². The van der Waals surface area contributed by atoms with Gasteiger partial charge in [0, 0.05) is 37.3 Å². The zero-order valence-electron chi connectivity index (χ0n) is 16.2. The average molecular weight is 391 g/mol. The number of carbonyl (C=O) groups excluding carboxylic acids is 1. The highest BCUT2D eigenvalue weighted by Crippen LogP contribution is 2.44. The standard InChI is InChI=1S/C20H26N4O2.ClH/c1-12-18(13(2)22-21-12)20(25)24-10-15-9-23(3)19(17(15)11-24)14-5-7-16(26-4)8-6-14;/h5-8,15,17,19H,9-11H2,1-4H3,(H,21,22);1H/t15-,17+,19+;/m0./s1. The van der Waals surface area contributed by atoms with Crippen molar-refractivity contribution in [1.82, 2.24) is 20.0 Å². The number of hydrogen-bond donors (Lipinski definition) is 1. The van der Waals surface area contributed by atoms with Gasteiger partial charge in [0.15, 0.2) is 0 Å². The molecule has 2 aliphatic heterocycles. The molecule has 0 saturated carbocycles. The lowest BCUT2D eigenvalue weighted by Gasteiger charge is -2.27. The molecule has 0 unspecified atom stereocenters. The number of hydrogen-bond acceptors (Lipinski definition) is 4. The summed E-state index contributed by atoms with van der Waals surface area (Å²) in [6.07, 6.45) is 0. The van der Waals surface area contributed by atoms with Crippen molar-refractivity contribution >= 4 is 18.3 Å². The number of likely N-dealkylation sites (tertiary alicyclic amines) is 2. The van der Waals surface area contributed by atoms with Crippen LogP contribution in [-0.4, -0.2) is 59.7 Å². The third-order valence-electron chi connectivity index (χ3n) is 5.98. The molecule has 1 N–H and O–H groups in total. The number of rotatable bonds is 3. The highest BCUT2D eigenvalue weighted by Gasteiger charge is 2.47. The Morgan fingerprint density at radius 1 is 1.19 bits per heavy atom. The summed E-state index contributed by atoms with van der Waals surface area (Å²) >= 11 is 0. The first-order chi connectivity index (χ1) is 12.5. The number of fused-ring (bicyclic) bond motifs is 1. The lowest BCUT2D eigenvalue weighted by molar-refractivity contribution is 0.0766. The molecule has 27 heavy (non-hydrogen) atoms. The van der Waals surface area contributed by atoms with E-state index in [9.17, 15) is 4.79 Å². The Bertz CT molecular complexity index is 800. The second-order valence-electron chi connectivity index (χ2n) is 7.60. The Labute approximate surface area is 166 Å². The molecule has 0 radical (unpaired) electrons. The van der Waals surface area contributed by atoms with Crippen molar-refractivity contribution in [2.75, 3.05) is 33.8 Å². The Kier molecular flexibility index (Phi) is 5.49. The lowest BCUT2D eigenvalue weighted by Crippen LogP contribution is -2.33. The first-order valence-corrected chi connectivity index (χ1v) is 9.14. The Balaban J connectivity index is 0.00000210. The van der Waals surface area contributed by atoms with Gasteiger partial charge in [-0.15, -0.1) is 12.4 Å². The Hall–Kier alpha value is -2.05. The summed E-state index contributed by atoms with van der Waals surface area (Å²) in [7, 11) is 3.87. The van der Waals surface area contributed by atoms with E-state index in [4.69, 9.17) is 4.74 Å². The van der Waals surface area contributed by atoms with E-state index in [-0.39, 0.29) is 18.3 Å². The number of H-pyrrole nitrogens is 1. The van der Waals surface area contributed by atoms with Gasteiger partial charge in [-0.2, -0.15) is 5.10 Å². The second kappa shape index (κ2) is 7.52. The number of halogens is 1. The molecule has 0 bridgehead atoms. The number of benzene rings is 1. The van der Waals surface area contributed by atoms with E-state index in [1.54, 1.807) is 7.11 Å². The van der Waals surface area contributed by atoms with Crippen LogP contribution in [0.4, 0.5) is 0 Å². The molecular formula is C20H27ClN4O2. The fourth-order valence-electron chi connectivity index (χ4n) is 4.75. The monoisotopic (exact) mass is 390 g/mol. The van der Waals surface area contributed by atoms with Gasteiger partial charge in [-0.05, 0) is 44.5 Å². The van der Waals surface area contributed by atoms with Gasteiger partial charge in [0.1, 0.15) is 5.75 Å². The minimum absolute atomic E-state index is 0. The van der Waals surface area contributed by atoms with Gasteiger partial charge in [-0.1, -0.05) is 12.1 Å². The Morgan fingerprint density at radius 2 is 1.89 bits per heavy atom. The molecule has 3 heterocycles. The first kappa shape index (κ1) is 19.7. The molecule has 7 heteroatoms. The van der Waals surface area contributed by atoms with Crippen molar-refractivity contribution in [3.63, 3.8) is 0 Å². The number of nitrogens with zero attached hydrogens (tertiary/aromatic N) is 3. The minimum atomic E-state index is 0. The van der Waals surface area contributed by atoms with Crippen LogP contribution >= 0.6 is 12.4 Å². The third kappa shape index (κ3) is 3.32. The summed E-state index contributed by atoms with van der Waals surface area (Å²) < 4.78 is 5.28. The van der Waals surface area contributed by atoms with Crippen LogP contribution in [0, 0.1) is 25.7 Å². The van der Waals surface area contributed by atoms with Crippen molar-refractivity contribution in [1.29, 1.82) is 0 Å². The van der Waals surface area contributed by atoms with Crippen LogP contribution in [0.25, 0.3) is 0 Å². The van der Waals surface area contributed by atoms with E-state index in [0.717, 1.165) is 42.3 Å². The molecule has 6 nitrogen and oxygen atoms in total. The third-order valence-corrected chi connectivity index (χ3v) is 5.98. The molecule has 1 aromatic heterocycles. The van der Waals surface area contributed by atoms with Gasteiger partial charge in [0.25, 0.3) is 5.91 Å². The van der Waals surface area contributed by atoms with Crippen LogP contribution in [0.2, 0.25) is 0 Å². The molecule has 3 atom stereocenters. The van der Waals surface area contributed by atoms with Crippen LogP contribution in [0.3, 0.4) is 0 Å². The fourth-order valence-corrected chi connectivity index (χ4v) is 4.75. The molecule has 2 saturated heterocycles. The number of amides is 1. The smallest absolute Gasteiger partial charge is 0.257 e. The average Bonchev–Trinajstić information content (AvgIpc) is 3.27. The van der Waals surface area contributed by atoms with Crippen LogP contribution in [0.1, 0.15) is 33.4 Å². The molecule has 146 valence electrons. The maximum Gasteiger partial charge on any atom is 0.257 e. The summed E-state index contributed by atoms with van der Waals surface area (Å²) in [5.41, 5.74) is 3.67. The summed E-state index contributed by atoms with van der Waals surface area (Å²) in [6.45, 7) is 6.45. The SMILES string of the molecule is COc1ccc([C@@H]2[C@@H]3CN(C(=O)c4c(C)n[nH]c4C)C[C@@H]3CN2C)cc1.Cl. The van der Waals surface area contributed by atoms with E-state index in [1.165, 1.54) is 5.56 Å². The highest BCUT2D eigenvalue weighted by molar-refractivity contribution is 5.96. The molecule has 0 aliphatic carbocycles.